The first kappa shape index (κ1) is 20.8. The molecular weight excluding hydrogens is 375 g/mol. The molecule has 5 nitrogen and oxygen atoms in total. The van der Waals surface area contributed by atoms with Gasteiger partial charge in [-0.05, 0) is 55.1 Å². The van der Waals surface area contributed by atoms with Crippen LogP contribution < -0.4 is 10.6 Å². The first-order valence-electron chi connectivity index (χ1n) is 9.71. The summed E-state index contributed by atoms with van der Waals surface area (Å²) in [6.45, 7) is 3.64. The molecule has 7 heteroatoms. The van der Waals surface area contributed by atoms with Gasteiger partial charge in [-0.1, -0.05) is 18.2 Å². The number of benzene rings is 1. The molecule has 2 N–H and O–H groups in total. The molecule has 2 atom stereocenters. The van der Waals surface area contributed by atoms with Crippen molar-refractivity contribution in [2.75, 3.05) is 40.3 Å². The van der Waals surface area contributed by atoms with Crippen LogP contribution in [0.2, 0.25) is 0 Å². The van der Waals surface area contributed by atoms with Crippen LogP contribution in [0.3, 0.4) is 0 Å². The van der Waals surface area contributed by atoms with Crippen molar-refractivity contribution in [1.82, 2.24) is 15.5 Å². The van der Waals surface area contributed by atoms with Crippen LogP contribution >= 0.6 is 11.3 Å². The van der Waals surface area contributed by atoms with Crippen molar-refractivity contribution in [3.8, 4) is 0 Å². The molecule has 152 valence electrons. The fourth-order valence-electron chi connectivity index (χ4n) is 3.56. The zero-order valence-corrected chi connectivity index (χ0v) is 17.3. The lowest BCUT2D eigenvalue weighted by atomic mass is 10.1. The van der Waals surface area contributed by atoms with Gasteiger partial charge >= 0.3 is 0 Å². The molecule has 2 heterocycles. The Morgan fingerprint density at radius 3 is 2.50 bits per heavy atom. The molecule has 0 radical (unpaired) electrons. The van der Waals surface area contributed by atoms with E-state index >= 15 is 0 Å². The molecule has 1 aliphatic heterocycles. The van der Waals surface area contributed by atoms with E-state index in [1.807, 2.05) is 0 Å². The number of hydrogen-bond donors (Lipinski definition) is 2. The molecule has 1 aliphatic rings. The first-order chi connectivity index (χ1) is 13.7. The van der Waals surface area contributed by atoms with E-state index < -0.39 is 0 Å². The number of guanidine groups is 1. The highest BCUT2D eigenvalue weighted by atomic mass is 32.1. The Kier molecular flexibility index (Phi) is 7.82. The predicted molar refractivity (Wildman–Crippen MR) is 113 cm³/mol. The number of nitrogens with one attached hydrogen (secondary N) is 2. The molecule has 28 heavy (non-hydrogen) atoms. The minimum Gasteiger partial charge on any atom is -0.375 e. The summed E-state index contributed by atoms with van der Waals surface area (Å²) in [5.41, 5.74) is 0.931. The van der Waals surface area contributed by atoms with Crippen LogP contribution in [0, 0.1) is 5.82 Å². The Balaban J connectivity index is 1.56. The number of hydrogen-bond acceptors (Lipinski definition) is 4. The quantitative estimate of drug-likeness (QED) is 0.522. The summed E-state index contributed by atoms with van der Waals surface area (Å²) < 4.78 is 18.7. The topological polar surface area (TPSA) is 48.9 Å². The highest BCUT2D eigenvalue weighted by Crippen LogP contribution is 2.27. The lowest BCUT2D eigenvalue weighted by Gasteiger charge is -2.28. The molecule has 0 amide bonds. The van der Waals surface area contributed by atoms with Crippen LogP contribution in [0.25, 0.3) is 0 Å². The average molecular weight is 405 g/mol. The van der Waals surface area contributed by atoms with Crippen LogP contribution in [0.15, 0.2) is 46.8 Å². The SMILES string of the molecule is CN=C(NCC(OC)c1ccc(F)cc1)NCC(c1cccs1)N1CCCC1. The van der Waals surface area contributed by atoms with Gasteiger partial charge < -0.3 is 15.4 Å². The van der Waals surface area contributed by atoms with Crippen molar-refractivity contribution in [2.45, 2.75) is 25.0 Å². The fraction of sp³-hybridized carbons (Fsp3) is 0.476. The minimum absolute atomic E-state index is 0.175. The molecule has 1 aromatic heterocycles. The summed E-state index contributed by atoms with van der Waals surface area (Å²) in [7, 11) is 3.43. The second-order valence-electron chi connectivity index (χ2n) is 6.88. The number of thiophene rings is 1. The third-order valence-corrected chi connectivity index (χ3v) is 6.09. The molecule has 0 aliphatic carbocycles. The molecule has 1 saturated heterocycles. The van der Waals surface area contributed by atoms with Gasteiger partial charge in [-0.3, -0.25) is 9.89 Å². The summed E-state index contributed by atoms with van der Waals surface area (Å²) >= 11 is 1.80. The summed E-state index contributed by atoms with van der Waals surface area (Å²) in [6, 6.07) is 11.1. The standard InChI is InChI=1S/C21H29FN4OS/c1-23-21(25-15-19(27-2)16-7-9-17(22)10-8-16)24-14-18(20-6-5-13-28-20)26-11-3-4-12-26/h5-10,13,18-19H,3-4,11-12,14-15H2,1-2H3,(H2,23,24,25). The monoisotopic (exact) mass is 404 g/mol. The van der Waals surface area contributed by atoms with Crippen molar-refractivity contribution in [1.29, 1.82) is 0 Å². The van der Waals surface area contributed by atoms with Gasteiger partial charge in [0, 0.05) is 32.1 Å². The largest absolute Gasteiger partial charge is 0.375 e. The molecule has 2 aromatic rings. The predicted octanol–water partition coefficient (Wildman–Crippen LogP) is 3.58. The van der Waals surface area contributed by atoms with E-state index in [0.29, 0.717) is 12.6 Å². The summed E-state index contributed by atoms with van der Waals surface area (Å²) in [6.07, 6.45) is 2.36. The maximum atomic E-state index is 13.2. The van der Waals surface area contributed by atoms with Crippen molar-refractivity contribution in [3.63, 3.8) is 0 Å². The maximum Gasteiger partial charge on any atom is 0.191 e. The number of halogens is 1. The van der Waals surface area contributed by atoms with E-state index in [4.69, 9.17) is 4.74 Å². The van der Waals surface area contributed by atoms with Gasteiger partial charge in [0.2, 0.25) is 0 Å². The first-order valence-corrected chi connectivity index (χ1v) is 10.6. The lowest BCUT2D eigenvalue weighted by molar-refractivity contribution is 0.106. The molecule has 1 aromatic carbocycles. The zero-order chi connectivity index (χ0) is 19.8. The van der Waals surface area contributed by atoms with Crippen molar-refractivity contribution < 1.29 is 9.13 Å². The normalized spacial score (nSPS) is 17.5. The van der Waals surface area contributed by atoms with Crippen LogP contribution in [0.5, 0.6) is 0 Å². The highest BCUT2D eigenvalue weighted by Gasteiger charge is 2.24. The van der Waals surface area contributed by atoms with Crippen LogP contribution in [0.1, 0.15) is 35.4 Å². The van der Waals surface area contributed by atoms with Gasteiger partial charge in [-0.25, -0.2) is 4.39 Å². The number of likely N-dealkylation sites (tertiary alicyclic amines) is 1. The fourth-order valence-corrected chi connectivity index (χ4v) is 4.42. The van der Waals surface area contributed by atoms with E-state index in [9.17, 15) is 4.39 Å². The van der Waals surface area contributed by atoms with E-state index in [0.717, 1.165) is 31.2 Å². The van der Waals surface area contributed by atoms with Gasteiger partial charge in [-0.15, -0.1) is 11.3 Å². The zero-order valence-electron chi connectivity index (χ0n) is 16.5. The molecular formula is C21H29FN4OS. The van der Waals surface area contributed by atoms with Gasteiger partial charge in [0.15, 0.2) is 5.96 Å². The number of aliphatic imine (C=N–C) groups is 1. The van der Waals surface area contributed by atoms with Crippen LogP contribution in [-0.4, -0.2) is 51.2 Å². The third-order valence-electron chi connectivity index (χ3n) is 5.12. The number of nitrogens with zero attached hydrogens (tertiary/aromatic N) is 2. The summed E-state index contributed by atoms with van der Waals surface area (Å²) in [4.78, 5) is 8.27. The molecule has 0 saturated carbocycles. The van der Waals surface area contributed by atoms with Gasteiger partial charge in [0.05, 0.1) is 12.1 Å². The van der Waals surface area contributed by atoms with Crippen molar-refractivity contribution >= 4 is 17.3 Å². The second-order valence-corrected chi connectivity index (χ2v) is 7.86. The van der Waals surface area contributed by atoms with Crippen molar-refractivity contribution in [3.05, 3.63) is 58.0 Å². The Morgan fingerprint density at radius 2 is 1.89 bits per heavy atom. The van der Waals surface area contributed by atoms with E-state index in [-0.39, 0.29) is 11.9 Å². The minimum atomic E-state index is -0.245. The molecule has 3 rings (SSSR count). The molecule has 0 bridgehead atoms. The van der Waals surface area contributed by atoms with E-state index in [1.54, 1.807) is 37.6 Å². The smallest absolute Gasteiger partial charge is 0.191 e. The lowest BCUT2D eigenvalue weighted by Crippen LogP contribution is -2.43. The van der Waals surface area contributed by atoms with Gasteiger partial charge in [0.25, 0.3) is 0 Å². The van der Waals surface area contributed by atoms with Crippen LogP contribution in [0.4, 0.5) is 4.39 Å². The average Bonchev–Trinajstić information content (AvgIpc) is 3.43. The number of ether oxygens (including phenoxy) is 1. The Hall–Kier alpha value is -1.96. The van der Waals surface area contributed by atoms with Gasteiger partial charge in [-0.2, -0.15) is 0 Å². The molecule has 0 spiro atoms. The van der Waals surface area contributed by atoms with Crippen LogP contribution in [-0.2, 0) is 4.74 Å². The third kappa shape index (κ3) is 5.53. The van der Waals surface area contributed by atoms with E-state index in [2.05, 4.69) is 38.0 Å². The molecule has 1 fully saturated rings. The second kappa shape index (κ2) is 10.5. The number of methoxy groups -OCH3 is 1. The highest BCUT2D eigenvalue weighted by molar-refractivity contribution is 7.10. The van der Waals surface area contributed by atoms with E-state index in [1.165, 1.54) is 29.9 Å². The summed E-state index contributed by atoms with van der Waals surface area (Å²) in [5, 5.41) is 8.93. The number of rotatable bonds is 8. The molecule has 2 unspecified atom stereocenters. The Bertz CT molecular complexity index is 729. The maximum absolute atomic E-state index is 13.2. The van der Waals surface area contributed by atoms with Crippen molar-refractivity contribution in [2.24, 2.45) is 4.99 Å². The Morgan fingerprint density at radius 1 is 1.18 bits per heavy atom. The van der Waals surface area contributed by atoms with Gasteiger partial charge in [0.1, 0.15) is 5.82 Å². The summed E-state index contributed by atoms with van der Waals surface area (Å²) in [5.74, 6) is 0.496. The Labute approximate surface area is 170 Å².